The van der Waals surface area contributed by atoms with Crippen LogP contribution in [0.15, 0.2) is 54.9 Å². The van der Waals surface area contributed by atoms with Gasteiger partial charge in [0, 0.05) is 25.5 Å². The van der Waals surface area contributed by atoms with Gasteiger partial charge >= 0.3 is 0 Å². The van der Waals surface area contributed by atoms with Crippen LogP contribution in [0.25, 0.3) is 0 Å². The van der Waals surface area contributed by atoms with Crippen molar-refractivity contribution < 1.29 is 14.6 Å². The van der Waals surface area contributed by atoms with Gasteiger partial charge in [0.1, 0.15) is 23.3 Å². The molecule has 28 heavy (non-hydrogen) atoms. The average molecular weight is 383 g/mol. The minimum Gasteiger partial charge on any atom is -0.497 e. The third kappa shape index (κ3) is 3.75. The Morgan fingerprint density at radius 1 is 1.14 bits per heavy atom. The highest BCUT2D eigenvalue weighted by Crippen LogP contribution is 2.34. The summed E-state index contributed by atoms with van der Waals surface area (Å²) in [5, 5.41) is 25.5. The van der Waals surface area contributed by atoms with Crippen LogP contribution < -0.4 is 10.1 Å². The van der Waals surface area contributed by atoms with E-state index in [1.54, 1.807) is 49.3 Å². The summed E-state index contributed by atoms with van der Waals surface area (Å²) in [6, 6.07) is 10.2. The number of hydrogen-bond donors (Lipinski definition) is 1. The average Bonchev–Trinajstić information content (AvgIpc) is 3.11. The second-order valence-electron chi connectivity index (χ2n) is 5.97. The van der Waals surface area contributed by atoms with E-state index in [1.165, 1.54) is 12.1 Å². The Hall–Kier alpha value is -3.95. The van der Waals surface area contributed by atoms with Crippen LogP contribution in [0.5, 0.6) is 5.75 Å². The van der Waals surface area contributed by atoms with Crippen LogP contribution in [0.1, 0.15) is 17.4 Å². The molecule has 0 bridgehead atoms. The maximum absolute atomic E-state index is 11.5. The Kier molecular flexibility index (Phi) is 5.21. The zero-order valence-electron chi connectivity index (χ0n) is 15.1. The first-order valence-corrected chi connectivity index (χ1v) is 8.21. The van der Waals surface area contributed by atoms with Gasteiger partial charge in [0.25, 0.3) is 11.4 Å². The van der Waals surface area contributed by atoms with Crippen LogP contribution in [-0.2, 0) is 7.05 Å². The summed E-state index contributed by atoms with van der Waals surface area (Å²) in [6.45, 7) is 0. The molecule has 0 aliphatic carbocycles. The van der Waals surface area contributed by atoms with E-state index < -0.39 is 21.6 Å². The number of ether oxygens (including phenoxy) is 1. The Morgan fingerprint density at radius 3 is 2.54 bits per heavy atom. The van der Waals surface area contributed by atoms with Crippen molar-refractivity contribution in [2.24, 2.45) is 7.05 Å². The van der Waals surface area contributed by atoms with Crippen LogP contribution in [0.2, 0.25) is 0 Å². The number of hydrogen-bond acceptors (Lipinski definition) is 7. The molecule has 0 aliphatic heterocycles. The van der Waals surface area contributed by atoms with Gasteiger partial charge in [-0.3, -0.25) is 20.2 Å². The Morgan fingerprint density at radius 2 is 1.93 bits per heavy atom. The first kappa shape index (κ1) is 18.8. The molecule has 0 aliphatic rings. The van der Waals surface area contributed by atoms with Crippen molar-refractivity contribution in [1.29, 1.82) is 0 Å². The number of imidazole rings is 1. The van der Waals surface area contributed by atoms with Crippen molar-refractivity contribution in [2.45, 2.75) is 6.04 Å². The number of aryl methyl sites for hydroxylation is 1. The van der Waals surface area contributed by atoms with Crippen LogP contribution in [0.3, 0.4) is 0 Å². The van der Waals surface area contributed by atoms with Gasteiger partial charge in [-0.15, -0.1) is 0 Å². The quantitative estimate of drug-likeness (QED) is 0.489. The van der Waals surface area contributed by atoms with Crippen molar-refractivity contribution in [1.82, 2.24) is 9.55 Å². The number of methoxy groups -OCH3 is 1. The van der Waals surface area contributed by atoms with Gasteiger partial charge in [0.05, 0.1) is 23.0 Å². The highest BCUT2D eigenvalue weighted by Gasteiger charge is 2.25. The zero-order valence-corrected chi connectivity index (χ0v) is 15.1. The summed E-state index contributed by atoms with van der Waals surface area (Å²) >= 11 is 0. The zero-order chi connectivity index (χ0) is 20.3. The van der Waals surface area contributed by atoms with Crippen molar-refractivity contribution >= 4 is 17.1 Å². The lowest BCUT2D eigenvalue weighted by Crippen LogP contribution is -2.17. The van der Waals surface area contributed by atoms with E-state index in [-0.39, 0.29) is 11.4 Å². The van der Waals surface area contributed by atoms with Gasteiger partial charge in [0.15, 0.2) is 0 Å². The first-order chi connectivity index (χ1) is 13.4. The Bertz CT molecular complexity index is 1030. The summed E-state index contributed by atoms with van der Waals surface area (Å²) in [6.07, 6.45) is 3.38. The first-order valence-electron chi connectivity index (χ1n) is 8.21. The Balaban J connectivity index is 2.09. The molecule has 1 atom stereocenters. The second kappa shape index (κ2) is 7.74. The van der Waals surface area contributed by atoms with E-state index in [0.717, 1.165) is 11.6 Å². The largest absolute Gasteiger partial charge is 0.497 e. The maximum atomic E-state index is 11.5. The highest BCUT2D eigenvalue weighted by molar-refractivity contribution is 5.66. The lowest BCUT2D eigenvalue weighted by molar-refractivity contribution is -0.393. The molecular formula is C18H17N5O5. The molecule has 3 rings (SSSR count). The lowest BCUT2D eigenvalue weighted by Gasteiger charge is -2.20. The van der Waals surface area contributed by atoms with Crippen LogP contribution in [0, 0.1) is 20.2 Å². The van der Waals surface area contributed by atoms with Gasteiger partial charge < -0.3 is 14.6 Å². The number of non-ortho nitro benzene ring substituents is 1. The molecule has 0 saturated carbocycles. The molecule has 0 fully saturated rings. The van der Waals surface area contributed by atoms with Crippen molar-refractivity contribution in [3.05, 3.63) is 86.5 Å². The van der Waals surface area contributed by atoms with Gasteiger partial charge in [-0.2, -0.15) is 0 Å². The molecule has 1 aromatic heterocycles. The van der Waals surface area contributed by atoms with Crippen LogP contribution in [-0.4, -0.2) is 26.5 Å². The number of aromatic nitrogens is 2. The third-order valence-electron chi connectivity index (χ3n) is 4.23. The molecule has 10 nitrogen and oxygen atoms in total. The minimum atomic E-state index is -0.672. The van der Waals surface area contributed by atoms with Crippen molar-refractivity contribution in [2.75, 3.05) is 12.4 Å². The summed E-state index contributed by atoms with van der Waals surface area (Å²) in [4.78, 5) is 25.5. The molecule has 10 heteroatoms. The smallest absolute Gasteiger partial charge is 0.299 e. The number of nitro benzene ring substituents is 2. The van der Waals surface area contributed by atoms with E-state index in [1.807, 2.05) is 6.07 Å². The molecule has 1 N–H and O–H groups in total. The molecule has 0 amide bonds. The predicted molar refractivity (Wildman–Crippen MR) is 101 cm³/mol. The summed E-state index contributed by atoms with van der Waals surface area (Å²) in [5.41, 5.74) is 0.163. The van der Waals surface area contributed by atoms with Crippen LogP contribution >= 0.6 is 0 Å². The fraction of sp³-hybridized carbons (Fsp3) is 0.167. The molecule has 1 heterocycles. The van der Waals surface area contributed by atoms with E-state index in [0.29, 0.717) is 11.6 Å². The molecule has 0 spiro atoms. The van der Waals surface area contributed by atoms with E-state index in [4.69, 9.17) is 4.74 Å². The molecule has 2 aromatic carbocycles. The SMILES string of the molecule is COc1cccc(C(Nc2ccc([N+](=O)[O-])cc2[N+](=O)[O-])c2nccn2C)c1. The number of benzene rings is 2. The molecule has 0 saturated heterocycles. The van der Waals surface area contributed by atoms with Crippen molar-refractivity contribution in [3.63, 3.8) is 0 Å². The van der Waals surface area contributed by atoms with Gasteiger partial charge in [-0.1, -0.05) is 12.1 Å². The minimum absolute atomic E-state index is 0.145. The molecular weight excluding hydrogens is 366 g/mol. The molecule has 1 unspecified atom stereocenters. The molecule has 3 aromatic rings. The van der Waals surface area contributed by atoms with Crippen molar-refractivity contribution in [3.8, 4) is 5.75 Å². The van der Waals surface area contributed by atoms with E-state index in [2.05, 4.69) is 10.3 Å². The number of nitro groups is 2. The van der Waals surface area contributed by atoms with E-state index in [9.17, 15) is 20.2 Å². The summed E-state index contributed by atoms with van der Waals surface area (Å²) < 4.78 is 7.05. The summed E-state index contributed by atoms with van der Waals surface area (Å²) in [7, 11) is 3.35. The number of nitrogens with one attached hydrogen (secondary N) is 1. The monoisotopic (exact) mass is 383 g/mol. The number of anilines is 1. The third-order valence-corrected chi connectivity index (χ3v) is 4.23. The van der Waals surface area contributed by atoms with E-state index >= 15 is 0 Å². The number of nitrogens with zero attached hydrogens (tertiary/aromatic N) is 4. The fourth-order valence-electron chi connectivity index (χ4n) is 2.84. The standard InChI is InChI=1S/C18H17N5O5/c1-21-9-8-19-18(21)17(12-4-3-5-14(10-12)28-2)20-15-7-6-13(22(24)25)11-16(15)23(26)27/h3-11,17,20H,1-2H3. The Labute approximate surface area is 159 Å². The maximum Gasteiger partial charge on any atom is 0.299 e. The van der Waals surface area contributed by atoms with Gasteiger partial charge in [-0.05, 0) is 23.8 Å². The van der Waals surface area contributed by atoms with Gasteiger partial charge in [0.2, 0.25) is 0 Å². The topological polar surface area (TPSA) is 125 Å². The molecule has 144 valence electrons. The number of rotatable bonds is 7. The second-order valence-corrected chi connectivity index (χ2v) is 5.97. The lowest BCUT2D eigenvalue weighted by atomic mass is 10.0. The summed E-state index contributed by atoms with van der Waals surface area (Å²) in [5.74, 6) is 1.23. The van der Waals surface area contributed by atoms with Gasteiger partial charge in [-0.25, -0.2) is 4.98 Å². The highest BCUT2D eigenvalue weighted by atomic mass is 16.6. The predicted octanol–water partition coefficient (Wildman–Crippen LogP) is 3.45. The normalized spacial score (nSPS) is 11.6. The fourth-order valence-corrected chi connectivity index (χ4v) is 2.84. The van der Waals surface area contributed by atoms with Crippen LogP contribution in [0.4, 0.5) is 17.1 Å². The molecule has 0 radical (unpaired) electrons.